The van der Waals surface area contributed by atoms with Crippen molar-refractivity contribution in [3.05, 3.63) is 151 Å². The minimum atomic E-state index is -0.716. The van der Waals surface area contributed by atoms with E-state index in [-0.39, 0.29) is 0 Å². The van der Waals surface area contributed by atoms with Gasteiger partial charge in [-0.1, -0.05) is 127 Å². The molecule has 0 saturated heterocycles. The molecule has 5 aromatic rings. The number of hydrogen-bond donors (Lipinski definition) is 1. The van der Waals surface area contributed by atoms with Crippen molar-refractivity contribution in [2.24, 2.45) is 0 Å². The van der Waals surface area contributed by atoms with E-state index in [2.05, 4.69) is 145 Å². The van der Waals surface area contributed by atoms with Gasteiger partial charge in [0.25, 0.3) is 0 Å². The maximum atomic E-state index is 3.80. The molecule has 0 saturated carbocycles. The topological polar surface area (TPSA) is 12.0 Å². The standard InChI is InChI=1S/C31H26NP/c1-5-14-25(15-6-1)24-26-16-13-23-30(31(26)32-27-17-7-2-8-18-27)33(28-19-9-3-10-20-28)29-21-11-4-12-22-29/h1-23,32H,24H2. The molecule has 0 atom stereocenters. The minimum absolute atomic E-state index is 0.716. The highest BCUT2D eigenvalue weighted by Crippen LogP contribution is 2.38. The highest BCUT2D eigenvalue weighted by molar-refractivity contribution is 7.80. The van der Waals surface area contributed by atoms with Crippen LogP contribution >= 0.6 is 7.92 Å². The molecule has 0 radical (unpaired) electrons. The number of rotatable bonds is 7. The molecule has 160 valence electrons. The van der Waals surface area contributed by atoms with E-state index >= 15 is 0 Å². The first-order valence-corrected chi connectivity index (χ1v) is 12.6. The number of nitrogens with one attached hydrogen (secondary N) is 1. The van der Waals surface area contributed by atoms with E-state index < -0.39 is 7.92 Å². The molecule has 0 unspecified atom stereocenters. The first kappa shape index (κ1) is 21.2. The Kier molecular flexibility index (Phi) is 6.61. The van der Waals surface area contributed by atoms with Gasteiger partial charge in [-0.2, -0.15) is 0 Å². The van der Waals surface area contributed by atoms with Gasteiger partial charge in [0.1, 0.15) is 0 Å². The van der Waals surface area contributed by atoms with Crippen LogP contribution in [-0.2, 0) is 6.42 Å². The van der Waals surface area contributed by atoms with Crippen molar-refractivity contribution in [2.45, 2.75) is 6.42 Å². The maximum absolute atomic E-state index is 3.80. The van der Waals surface area contributed by atoms with Crippen LogP contribution in [0.5, 0.6) is 0 Å². The van der Waals surface area contributed by atoms with Crippen molar-refractivity contribution < 1.29 is 0 Å². The van der Waals surface area contributed by atoms with Gasteiger partial charge in [0.15, 0.2) is 0 Å². The summed E-state index contributed by atoms with van der Waals surface area (Å²) in [5.74, 6) is 0. The Hall–Kier alpha value is -3.67. The molecule has 0 aliphatic carbocycles. The van der Waals surface area contributed by atoms with Crippen LogP contribution in [0.25, 0.3) is 0 Å². The van der Waals surface area contributed by atoms with E-state index in [1.165, 1.54) is 32.7 Å². The predicted molar refractivity (Wildman–Crippen MR) is 144 cm³/mol. The fourth-order valence-corrected chi connectivity index (χ4v) is 6.58. The van der Waals surface area contributed by atoms with Crippen molar-refractivity contribution in [3.8, 4) is 0 Å². The van der Waals surface area contributed by atoms with Crippen LogP contribution in [0.15, 0.2) is 140 Å². The third-order valence-corrected chi connectivity index (χ3v) is 8.16. The zero-order valence-corrected chi connectivity index (χ0v) is 19.3. The van der Waals surface area contributed by atoms with Gasteiger partial charge in [0.05, 0.1) is 5.69 Å². The Balaban J connectivity index is 1.68. The predicted octanol–water partition coefficient (Wildman–Crippen LogP) is 6.78. The SMILES string of the molecule is c1ccc(Cc2cccc(P(c3ccccc3)c3ccccc3)c2Nc2ccccc2)cc1. The largest absolute Gasteiger partial charge is 0.355 e. The fourth-order valence-electron chi connectivity index (χ4n) is 4.13. The molecule has 0 aliphatic heterocycles. The summed E-state index contributed by atoms with van der Waals surface area (Å²) in [5, 5.41) is 7.85. The summed E-state index contributed by atoms with van der Waals surface area (Å²) in [5.41, 5.74) is 4.94. The van der Waals surface area contributed by atoms with Crippen LogP contribution in [0.4, 0.5) is 11.4 Å². The molecule has 0 heterocycles. The van der Waals surface area contributed by atoms with Crippen molar-refractivity contribution >= 4 is 35.2 Å². The van der Waals surface area contributed by atoms with Gasteiger partial charge in [-0.25, -0.2) is 0 Å². The van der Waals surface area contributed by atoms with Gasteiger partial charge in [0, 0.05) is 11.0 Å². The maximum Gasteiger partial charge on any atom is 0.0505 e. The Labute approximate surface area is 197 Å². The lowest BCUT2D eigenvalue weighted by atomic mass is 10.0. The molecule has 0 aliphatic rings. The van der Waals surface area contributed by atoms with Crippen LogP contribution in [0, 0.1) is 0 Å². The zero-order chi connectivity index (χ0) is 22.3. The molecule has 5 rings (SSSR count). The monoisotopic (exact) mass is 443 g/mol. The average Bonchev–Trinajstić information content (AvgIpc) is 2.88. The molecule has 0 amide bonds. The smallest absolute Gasteiger partial charge is 0.0505 e. The molecule has 0 aromatic heterocycles. The Morgan fingerprint density at radius 2 is 1.00 bits per heavy atom. The highest BCUT2D eigenvalue weighted by atomic mass is 31.1. The number of hydrogen-bond acceptors (Lipinski definition) is 1. The molecular weight excluding hydrogens is 417 g/mol. The normalized spacial score (nSPS) is 10.8. The highest BCUT2D eigenvalue weighted by Gasteiger charge is 2.21. The van der Waals surface area contributed by atoms with Crippen molar-refractivity contribution in [2.75, 3.05) is 5.32 Å². The summed E-state index contributed by atoms with van der Waals surface area (Å²) in [4.78, 5) is 0. The Morgan fingerprint density at radius 1 is 0.485 bits per heavy atom. The summed E-state index contributed by atoms with van der Waals surface area (Å²) < 4.78 is 0. The molecule has 2 heteroatoms. The van der Waals surface area contributed by atoms with Gasteiger partial charge >= 0.3 is 0 Å². The first-order chi connectivity index (χ1) is 16.4. The lowest BCUT2D eigenvalue weighted by molar-refractivity contribution is 1.20. The third kappa shape index (κ3) is 5.06. The second kappa shape index (κ2) is 10.3. The number of para-hydroxylation sites is 2. The van der Waals surface area contributed by atoms with Crippen LogP contribution in [-0.4, -0.2) is 0 Å². The quantitative estimate of drug-likeness (QED) is 0.274. The second-order valence-electron chi connectivity index (χ2n) is 7.97. The molecule has 33 heavy (non-hydrogen) atoms. The van der Waals surface area contributed by atoms with Crippen molar-refractivity contribution in [3.63, 3.8) is 0 Å². The fraction of sp³-hybridized carbons (Fsp3) is 0.0323. The van der Waals surface area contributed by atoms with E-state index in [4.69, 9.17) is 0 Å². The number of benzene rings is 5. The summed E-state index contributed by atoms with van der Waals surface area (Å²) >= 11 is 0. The average molecular weight is 444 g/mol. The van der Waals surface area contributed by atoms with E-state index in [1.54, 1.807) is 0 Å². The molecule has 0 fully saturated rings. The molecule has 1 nitrogen and oxygen atoms in total. The lowest BCUT2D eigenvalue weighted by Gasteiger charge is -2.25. The Morgan fingerprint density at radius 3 is 1.58 bits per heavy atom. The third-order valence-electron chi connectivity index (χ3n) is 5.68. The lowest BCUT2D eigenvalue weighted by Crippen LogP contribution is -2.23. The minimum Gasteiger partial charge on any atom is -0.355 e. The molecule has 0 spiro atoms. The molecule has 1 N–H and O–H groups in total. The van der Waals surface area contributed by atoms with Crippen LogP contribution in [0.1, 0.15) is 11.1 Å². The van der Waals surface area contributed by atoms with E-state index in [0.717, 1.165) is 12.1 Å². The second-order valence-corrected chi connectivity index (χ2v) is 10.2. The number of anilines is 2. The van der Waals surface area contributed by atoms with Crippen LogP contribution < -0.4 is 21.2 Å². The Bertz CT molecular complexity index is 1250. The zero-order valence-electron chi connectivity index (χ0n) is 18.4. The van der Waals surface area contributed by atoms with Crippen LogP contribution in [0.3, 0.4) is 0 Å². The summed E-state index contributed by atoms with van der Waals surface area (Å²) in [6.45, 7) is 0. The van der Waals surface area contributed by atoms with Crippen molar-refractivity contribution in [1.29, 1.82) is 0 Å². The molecule has 5 aromatic carbocycles. The van der Waals surface area contributed by atoms with E-state index in [9.17, 15) is 0 Å². The van der Waals surface area contributed by atoms with Gasteiger partial charge in [-0.3, -0.25) is 0 Å². The summed E-state index contributed by atoms with van der Waals surface area (Å²) in [7, 11) is -0.716. The van der Waals surface area contributed by atoms with Crippen molar-refractivity contribution in [1.82, 2.24) is 0 Å². The van der Waals surface area contributed by atoms with Crippen LogP contribution in [0.2, 0.25) is 0 Å². The summed E-state index contributed by atoms with van der Waals surface area (Å²) in [6.07, 6.45) is 0.886. The first-order valence-electron chi connectivity index (χ1n) is 11.3. The van der Waals surface area contributed by atoms with Gasteiger partial charge in [-0.05, 0) is 48.2 Å². The summed E-state index contributed by atoms with van der Waals surface area (Å²) in [6, 6.07) is 49.8. The van der Waals surface area contributed by atoms with Gasteiger partial charge < -0.3 is 5.32 Å². The van der Waals surface area contributed by atoms with Gasteiger partial charge in [-0.15, -0.1) is 0 Å². The molecule has 0 bridgehead atoms. The van der Waals surface area contributed by atoms with Gasteiger partial charge in [0.2, 0.25) is 0 Å². The van der Waals surface area contributed by atoms with E-state index in [1.807, 2.05) is 0 Å². The molecular formula is C31H26NP. The van der Waals surface area contributed by atoms with E-state index in [0.29, 0.717) is 0 Å².